The van der Waals surface area contributed by atoms with Crippen LogP contribution >= 0.6 is 11.5 Å². The molecule has 0 radical (unpaired) electrons. The van der Waals surface area contributed by atoms with Gasteiger partial charge in [0.1, 0.15) is 6.54 Å². The van der Waals surface area contributed by atoms with Crippen LogP contribution in [0, 0.1) is 12.8 Å². The van der Waals surface area contributed by atoms with Crippen molar-refractivity contribution in [2.24, 2.45) is 10.9 Å². The monoisotopic (exact) mass is 703 g/mol. The van der Waals surface area contributed by atoms with Gasteiger partial charge in [-0.1, -0.05) is 84.4 Å². The van der Waals surface area contributed by atoms with Crippen LogP contribution in [0.25, 0.3) is 5.70 Å². The van der Waals surface area contributed by atoms with Crippen molar-refractivity contribution in [3.63, 3.8) is 0 Å². The Morgan fingerprint density at radius 2 is 1.94 bits per heavy atom. The molecule has 3 aromatic rings. The molecule has 1 amide bonds. The number of aromatic nitrogens is 5. The Morgan fingerprint density at radius 1 is 1.18 bits per heavy atom. The van der Waals surface area contributed by atoms with E-state index in [9.17, 15) is 4.79 Å². The Morgan fingerprint density at radius 3 is 2.54 bits per heavy atom. The van der Waals surface area contributed by atoms with E-state index in [1.165, 1.54) is 56.9 Å². The average Bonchev–Trinajstić information content (AvgIpc) is 3.73. The van der Waals surface area contributed by atoms with Crippen molar-refractivity contribution in [2.45, 2.75) is 86.6 Å². The topological polar surface area (TPSA) is 110 Å². The Hall–Kier alpha value is -4.09. The van der Waals surface area contributed by atoms with Crippen molar-refractivity contribution in [2.75, 3.05) is 46.0 Å². The first-order valence-corrected chi connectivity index (χ1v) is 18.8. The van der Waals surface area contributed by atoms with Crippen LogP contribution < -0.4 is 11.2 Å². The number of aryl methyl sites for hydroxylation is 2. The van der Waals surface area contributed by atoms with Gasteiger partial charge >= 0.3 is 0 Å². The molecule has 2 aliphatic rings. The summed E-state index contributed by atoms with van der Waals surface area (Å²) in [5.74, 6) is 1.32. The average molecular weight is 704 g/mol. The van der Waals surface area contributed by atoms with Gasteiger partial charge in [0.05, 0.1) is 23.3 Å². The number of anilines is 1. The number of likely N-dealkylation sites (N-methyl/N-ethyl adjacent to an activating group) is 1. The van der Waals surface area contributed by atoms with Gasteiger partial charge < -0.3 is 15.5 Å². The van der Waals surface area contributed by atoms with E-state index in [0.717, 1.165) is 41.3 Å². The van der Waals surface area contributed by atoms with Gasteiger partial charge in [0.15, 0.2) is 11.3 Å². The number of nitrogens with two attached hydrogens (primary N) is 1. The quantitative estimate of drug-likeness (QED) is 0.253. The summed E-state index contributed by atoms with van der Waals surface area (Å²) in [4.78, 5) is 25.5. The van der Waals surface area contributed by atoms with Crippen LogP contribution in [0.2, 0.25) is 0 Å². The van der Waals surface area contributed by atoms with Gasteiger partial charge in [0.2, 0.25) is 5.91 Å². The molecule has 1 fully saturated rings. The normalized spacial score (nSPS) is 15.7. The molecule has 2 N–H and O–H groups in total. The third kappa shape index (κ3) is 14.4. The van der Waals surface area contributed by atoms with E-state index in [2.05, 4.69) is 76.9 Å². The molecule has 1 aliphatic heterocycles. The lowest BCUT2D eigenvalue weighted by Crippen LogP contribution is -2.34. The maximum atomic E-state index is 12.7. The van der Waals surface area contributed by atoms with E-state index in [0.29, 0.717) is 23.5 Å². The summed E-state index contributed by atoms with van der Waals surface area (Å²) in [6, 6.07) is 1.99. The summed E-state index contributed by atoms with van der Waals surface area (Å²) in [5, 5.41) is 6.31. The summed E-state index contributed by atoms with van der Waals surface area (Å²) in [5.41, 5.74) is 11.1. The molecule has 1 atom stereocenters. The Bertz CT molecular complexity index is 1590. The fourth-order valence-electron chi connectivity index (χ4n) is 5.30. The van der Waals surface area contributed by atoms with Crippen LogP contribution in [0.5, 0.6) is 0 Å². The van der Waals surface area contributed by atoms with Crippen molar-refractivity contribution in [3.05, 3.63) is 95.0 Å². The molecular weight excluding hydrogens is 643 g/mol. The highest BCUT2D eigenvalue weighted by molar-refractivity contribution is 7.03. The minimum absolute atomic E-state index is 0.0267. The van der Waals surface area contributed by atoms with E-state index >= 15 is 0 Å². The van der Waals surface area contributed by atoms with Gasteiger partial charge in [-0.15, -0.1) is 0 Å². The van der Waals surface area contributed by atoms with E-state index in [1.54, 1.807) is 36.1 Å². The molecule has 0 spiro atoms. The third-order valence-corrected chi connectivity index (χ3v) is 8.87. The maximum absolute atomic E-state index is 12.7. The highest BCUT2D eigenvalue weighted by atomic mass is 32.1. The minimum Gasteiger partial charge on any atom is -0.381 e. The second-order valence-corrected chi connectivity index (χ2v) is 13.1. The van der Waals surface area contributed by atoms with Crippen molar-refractivity contribution in [1.29, 1.82) is 0 Å². The van der Waals surface area contributed by atoms with Gasteiger partial charge in [-0.2, -0.15) is 9.47 Å². The van der Waals surface area contributed by atoms with Crippen molar-refractivity contribution >= 4 is 29.0 Å². The van der Waals surface area contributed by atoms with E-state index in [-0.39, 0.29) is 12.5 Å². The number of amides is 1. The number of hydrogen-bond acceptors (Lipinski definition) is 8. The first kappa shape index (κ1) is 42.1. The fraction of sp³-hybridized carbons (Fsp3) is 0.513. The van der Waals surface area contributed by atoms with Gasteiger partial charge in [0, 0.05) is 50.5 Å². The zero-order valence-corrected chi connectivity index (χ0v) is 32.6. The molecule has 0 bridgehead atoms. The molecule has 1 aliphatic carbocycles. The molecule has 274 valence electrons. The lowest BCUT2D eigenvalue weighted by molar-refractivity contribution is -0.130. The van der Waals surface area contributed by atoms with Gasteiger partial charge in [-0.05, 0) is 74.8 Å². The summed E-state index contributed by atoms with van der Waals surface area (Å²) in [7, 11) is 3.46. The molecule has 1 saturated heterocycles. The smallest absolute Gasteiger partial charge is 0.244 e. The van der Waals surface area contributed by atoms with E-state index < -0.39 is 0 Å². The second-order valence-electron chi connectivity index (χ2n) is 12.5. The molecule has 0 saturated carbocycles. The highest BCUT2D eigenvalue weighted by Crippen LogP contribution is 2.18. The summed E-state index contributed by atoms with van der Waals surface area (Å²) in [6.45, 7) is 21.6. The fourth-order valence-corrected chi connectivity index (χ4v) is 5.84. The second kappa shape index (κ2) is 23.3. The van der Waals surface area contributed by atoms with Crippen LogP contribution in [0.3, 0.4) is 0 Å². The highest BCUT2D eigenvalue weighted by Gasteiger charge is 2.16. The molecule has 1 unspecified atom stereocenters. The van der Waals surface area contributed by atoms with Gasteiger partial charge in [-0.25, -0.2) is 4.98 Å². The number of carbonyl (C=O) groups is 1. The molecule has 4 heterocycles. The lowest BCUT2D eigenvalue weighted by atomic mass is 9.96. The van der Waals surface area contributed by atoms with E-state index in [4.69, 9.17) is 5.73 Å². The molecular formula is C39H61N9OS. The van der Waals surface area contributed by atoms with Crippen LogP contribution in [-0.2, 0) is 17.8 Å². The summed E-state index contributed by atoms with van der Waals surface area (Å²) < 4.78 is 7.39. The maximum Gasteiger partial charge on any atom is 0.244 e. The number of likely N-dealkylation sites (tertiary alicyclic amines) is 1. The third-order valence-electron chi connectivity index (χ3n) is 8.22. The largest absolute Gasteiger partial charge is 0.381 e. The first-order valence-electron chi connectivity index (χ1n) is 18.0. The molecule has 50 heavy (non-hydrogen) atoms. The SMILES string of the molecule is C=C(c1cnn(CC(=O)N(C)CC2=CC=CCC=C2)c1)n1cc(CC)nc(N)c1=NC.CCC.CCC1CCCN(CC)C1.Cc1ccsn1. The first-order chi connectivity index (χ1) is 24.1. The molecule has 11 heteroatoms. The molecule has 0 aromatic carbocycles. The Kier molecular flexibility index (Phi) is 19.6. The van der Waals surface area contributed by atoms with Crippen molar-refractivity contribution < 1.29 is 4.79 Å². The van der Waals surface area contributed by atoms with Gasteiger partial charge in [-0.3, -0.25) is 19.0 Å². The predicted molar refractivity (Wildman–Crippen MR) is 211 cm³/mol. The number of carbonyl (C=O) groups excluding carboxylic acids is 1. The number of nitrogens with zero attached hydrogens (tertiary/aromatic N) is 8. The number of allylic oxidation sites excluding steroid dienone is 4. The summed E-state index contributed by atoms with van der Waals surface area (Å²) in [6.07, 6.45) is 22.8. The minimum atomic E-state index is -0.0267. The lowest BCUT2D eigenvalue weighted by Gasteiger charge is -2.31. The number of hydrogen-bond donors (Lipinski definition) is 1. The van der Waals surface area contributed by atoms with E-state index in [1.807, 2.05) is 48.2 Å². The molecule has 5 rings (SSSR count). The number of piperidine rings is 1. The number of nitrogen functional groups attached to an aromatic ring is 1. The van der Waals surface area contributed by atoms with Crippen LogP contribution in [0.4, 0.5) is 5.82 Å². The standard InChI is InChI=1S/C23H29N7O.C9H19N.C4H5NS.C3H8/c1-5-20-15-30(23(25-3)22(24)27-20)17(2)19-12-26-29(14-19)16-21(31)28(4)13-18-10-8-6-7-9-11-18;1-3-9-6-5-7-10(4-2)8-9;1-4-2-3-6-5-4;1-3-2/h6,8-12,14-15H,2,5,7,13,16H2,1,3-4H3,(H2,24,27);9H,3-8H2,1-2H3;2-3H,1H3;3H2,1-2H3. The van der Waals surface area contributed by atoms with Gasteiger partial charge in [0.25, 0.3) is 0 Å². The predicted octanol–water partition coefficient (Wildman–Crippen LogP) is 7.17. The van der Waals surface area contributed by atoms with Crippen molar-refractivity contribution in [3.8, 4) is 0 Å². The Labute approximate surface area is 305 Å². The molecule has 3 aromatic heterocycles. The number of rotatable bonds is 9. The van der Waals surface area contributed by atoms with Crippen molar-refractivity contribution in [1.82, 2.24) is 33.5 Å². The zero-order valence-electron chi connectivity index (χ0n) is 31.8. The van der Waals surface area contributed by atoms with Crippen LogP contribution in [-0.4, -0.2) is 79.7 Å². The zero-order chi connectivity index (χ0) is 36.9. The molecule has 10 nitrogen and oxygen atoms in total. The van der Waals surface area contributed by atoms with Crippen LogP contribution in [0.15, 0.2) is 77.6 Å². The Balaban J connectivity index is 0.000000368. The van der Waals surface area contributed by atoms with Crippen LogP contribution in [0.1, 0.15) is 83.7 Å². The summed E-state index contributed by atoms with van der Waals surface area (Å²) >= 11 is 1.49.